The summed E-state index contributed by atoms with van der Waals surface area (Å²) in [5.74, 6) is 0. The lowest BCUT2D eigenvalue weighted by Crippen LogP contribution is -2.06. The van der Waals surface area contributed by atoms with E-state index in [-0.39, 0.29) is 0 Å². The first-order valence-electron chi connectivity index (χ1n) is 4.49. The van der Waals surface area contributed by atoms with Crippen molar-refractivity contribution in [3.05, 3.63) is 34.4 Å². The largest absolute Gasteiger partial charge is 0.422 e. The van der Waals surface area contributed by atoms with Gasteiger partial charge in [-0.1, -0.05) is 22.0 Å². The smallest absolute Gasteiger partial charge is 0.400 e. The zero-order chi connectivity index (χ0) is 10.8. The molecule has 0 unspecified atom stereocenters. The van der Waals surface area contributed by atoms with Crippen LogP contribution < -0.4 is 0 Å². The molecule has 0 spiro atoms. The predicted octanol–water partition coefficient (Wildman–Crippen LogP) is 1.98. The molecule has 0 saturated carbocycles. The van der Waals surface area contributed by atoms with Crippen LogP contribution in [-0.2, 0) is 4.65 Å². The van der Waals surface area contributed by atoms with Crippen LogP contribution in [0, 0.1) is 0 Å². The van der Waals surface area contributed by atoms with Crippen molar-refractivity contribution in [2.75, 3.05) is 7.11 Å². The van der Waals surface area contributed by atoms with Crippen molar-refractivity contribution >= 4 is 40.7 Å². The van der Waals surface area contributed by atoms with E-state index in [1.165, 1.54) is 0 Å². The van der Waals surface area contributed by atoms with E-state index >= 15 is 0 Å². The molecule has 0 bridgehead atoms. The third-order valence-electron chi connectivity index (χ3n) is 2.27. The van der Waals surface area contributed by atoms with E-state index < -0.39 is 0 Å². The van der Waals surface area contributed by atoms with Crippen LogP contribution in [0.5, 0.6) is 0 Å². The van der Waals surface area contributed by atoms with Gasteiger partial charge in [0.15, 0.2) is 6.29 Å². The van der Waals surface area contributed by atoms with E-state index in [9.17, 15) is 4.79 Å². The molecule has 3 nitrogen and oxygen atoms in total. The molecule has 0 N–H and O–H groups in total. The lowest BCUT2D eigenvalue weighted by molar-refractivity contribution is 0.112. The molecule has 2 aromatic rings. The van der Waals surface area contributed by atoms with Gasteiger partial charge in [-0.2, -0.15) is 0 Å². The summed E-state index contributed by atoms with van der Waals surface area (Å²) in [4.78, 5) is 10.9. The Bertz CT molecular complexity index is 509. The van der Waals surface area contributed by atoms with Crippen molar-refractivity contribution in [3.63, 3.8) is 0 Å². The molecule has 15 heavy (non-hydrogen) atoms. The summed E-state index contributed by atoms with van der Waals surface area (Å²) < 4.78 is 7.96. The van der Waals surface area contributed by atoms with E-state index in [4.69, 9.17) is 4.65 Å². The highest BCUT2D eigenvalue weighted by Gasteiger charge is 2.08. The molecule has 0 atom stereocenters. The quantitative estimate of drug-likeness (QED) is 0.628. The Labute approximate surface area is 96.4 Å². The lowest BCUT2D eigenvalue weighted by atomic mass is 10.2. The Kier molecular flexibility index (Phi) is 2.93. The number of carbonyl (C=O) groups is 1. The molecular weight excluding hydrogens is 257 g/mol. The standard InChI is InChI=1S/C10H9BBrNO2/c1-15-11-13-5-7(6-14)9-3-2-8(12)4-10(9)13/h2-6,11H,1H3. The van der Waals surface area contributed by atoms with Gasteiger partial charge >= 0.3 is 7.62 Å². The summed E-state index contributed by atoms with van der Waals surface area (Å²) in [6, 6.07) is 5.82. The minimum absolute atomic E-state index is 0.445. The number of hydrogen-bond acceptors (Lipinski definition) is 2. The van der Waals surface area contributed by atoms with Crippen LogP contribution in [0.1, 0.15) is 10.4 Å². The second-order valence-corrected chi connectivity index (χ2v) is 4.17. The summed E-state index contributed by atoms with van der Waals surface area (Å²) in [5.41, 5.74) is 1.68. The number of fused-ring (bicyclic) bond motifs is 1. The van der Waals surface area contributed by atoms with E-state index in [1.807, 2.05) is 22.7 Å². The van der Waals surface area contributed by atoms with Crippen LogP contribution in [-0.4, -0.2) is 25.5 Å². The minimum Gasteiger partial charge on any atom is -0.422 e. The van der Waals surface area contributed by atoms with Crippen molar-refractivity contribution in [2.45, 2.75) is 0 Å². The molecule has 0 aliphatic rings. The molecule has 1 aromatic carbocycles. The fourth-order valence-corrected chi connectivity index (χ4v) is 1.98. The van der Waals surface area contributed by atoms with Gasteiger partial charge in [0.1, 0.15) is 0 Å². The molecule has 2 rings (SSSR count). The first kappa shape index (κ1) is 10.5. The number of carbonyl (C=O) groups excluding carboxylic acids is 1. The maximum Gasteiger partial charge on any atom is 0.400 e. The highest BCUT2D eigenvalue weighted by atomic mass is 79.9. The normalized spacial score (nSPS) is 10.5. The van der Waals surface area contributed by atoms with Crippen molar-refractivity contribution in [1.82, 2.24) is 4.48 Å². The number of hydrogen-bond donors (Lipinski definition) is 0. The fraction of sp³-hybridized carbons (Fsp3) is 0.100. The number of benzene rings is 1. The molecule has 76 valence electrons. The number of nitrogens with zero attached hydrogens (tertiary/aromatic N) is 1. The van der Waals surface area contributed by atoms with Crippen molar-refractivity contribution in [3.8, 4) is 0 Å². The van der Waals surface area contributed by atoms with Gasteiger partial charge in [0.05, 0.1) is 0 Å². The van der Waals surface area contributed by atoms with Crippen LogP contribution in [0.4, 0.5) is 0 Å². The van der Waals surface area contributed by atoms with Gasteiger partial charge in [0, 0.05) is 34.2 Å². The molecule has 0 aliphatic heterocycles. The van der Waals surface area contributed by atoms with Crippen LogP contribution in [0.2, 0.25) is 0 Å². The Morgan fingerprint density at radius 2 is 2.33 bits per heavy atom. The van der Waals surface area contributed by atoms with E-state index in [0.717, 1.165) is 21.7 Å². The van der Waals surface area contributed by atoms with E-state index in [2.05, 4.69) is 15.9 Å². The molecule has 1 aromatic heterocycles. The van der Waals surface area contributed by atoms with Crippen LogP contribution in [0.3, 0.4) is 0 Å². The van der Waals surface area contributed by atoms with Crippen LogP contribution in [0.25, 0.3) is 10.9 Å². The van der Waals surface area contributed by atoms with Crippen molar-refractivity contribution in [2.24, 2.45) is 0 Å². The van der Waals surface area contributed by atoms with Gasteiger partial charge in [0.2, 0.25) is 0 Å². The molecule has 0 radical (unpaired) electrons. The molecule has 0 fully saturated rings. The Morgan fingerprint density at radius 1 is 1.53 bits per heavy atom. The zero-order valence-corrected chi connectivity index (χ0v) is 9.82. The maximum absolute atomic E-state index is 10.9. The molecule has 1 heterocycles. The topological polar surface area (TPSA) is 31.2 Å². The molecule has 5 heteroatoms. The monoisotopic (exact) mass is 265 g/mol. The average molecular weight is 266 g/mol. The molecular formula is C10H9BBrNO2. The summed E-state index contributed by atoms with van der Waals surface area (Å²) >= 11 is 3.41. The third-order valence-corrected chi connectivity index (χ3v) is 2.76. The van der Waals surface area contributed by atoms with Crippen molar-refractivity contribution in [1.29, 1.82) is 0 Å². The second kappa shape index (κ2) is 4.20. The highest BCUT2D eigenvalue weighted by molar-refractivity contribution is 9.10. The van der Waals surface area contributed by atoms with E-state index in [0.29, 0.717) is 13.2 Å². The van der Waals surface area contributed by atoms with Crippen molar-refractivity contribution < 1.29 is 9.45 Å². The number of halogens is 1. The number of aldehydes is 1. The Morgan fingerprint density at radius 3 is 3.00 bits per heavy atom. The van der Waals surface area contributed by atoms with Gasteiger partial charge in [-0.25, -0.2) is 0 Å². The predicted molar refractivity (Wildman–Crippen MR) is 64.6 cm³/mol. The highest BCUT2D eigenvalue weighted by Crippen LogP contribution is 2.23. The molecule has 0 amide bonds. The van der Waals surface area contributed by atoms with Crippen LogP contribution in [0.15, 0.2) is 28.9 Å². The minimum atomic E-state index is 0.445. The zero-order valence-electron chi connectivity index (χ0n) is 8.24. The van der Waals surface area contributed by atoms with E-state index in [1.54, 1.807) is 13.3 Å². The SMILES string of the molecule is COBn1cc(C=O)c2ccc(Br)cc21. The maximum atomic E-state index is 10.9. The van der Waals surface area contributed by atoms with Crippen LogP contribution >= 0.6 is 15.9 Å². The lowest BCUT2D eigenvalue weighted by Gasteiger charge is -2.01. The molecule has 0 saturated heterocycles. The number of aromatic nitrogens is 1. The average Bonchev–Trinajstić information content (AvgIpc) is 2.57. The summed E-state index contributed by atoms with van der Waals surface area (Å²) in [5, 5.41) is 0.949. The summed E-state index contributed by atoms with van der Waals surface area (Å²) in [6.07, 6.45) is 2.66. The Hall–Kier alpha value is -1.07. The summed E-state index contributed by atoms with van der Waals surface area (Å²) in [6.45, 7) is 0. The van der Waals surface area contributed by atoms with Gasteiger partial charge < -0.3 is 9.13 Å². The Balaban J connectivity index is 2.69. The number of rotatable bonds is 3. The first-order chi connectivity index (χ1) is 7.26. The van der Waals surface area contributed by atoms with Gasteiger partial charge in [-0.05, 0) is 12.1 Å². The summed E-state index contributed by atoms with van der Waals surface area (Å²) in [7, 11) is 2.07. The third kappa shape index (κ3) is 1.85. The van der Waals surface area contributed by atoms with Gasteiger partial charge in [-0.3, -0.25) is 4.79 Å². The second-order valence-electron chi connectivity index (χ2n) is 3.25. The van der Waals surface area contributed by atoms with Gasteiger partial charge in [-0.15, -0.1) is 0 Å². The molecule has 0 aliphatic carbocycles. The first-order valence-corrected chi connectivity index (χ1v) is 5.28. The fourth-order valence-electron chi connectivity index (χ4n) is 1.63. The van der Waals surface area contributed by atoms with Gasteiger partial charge in [0.25, 0.3) is 0 Å².